The van der Waals surface area contributed by atoms with Gasteiger partial charge in [-0.15, -0.1) is 12.4 Å². The van der Waals surface area contributed by atoms with Gasteiger partial charge in [0, 0.05) is 31.5 Å². The van der Waals surface area contributed by atoms with Gasteiger partial charge in [0.15, 0.2) is 0 Å². The molecule has 1 saturated heterocycles. The molecule has 5 nitrogen and oxygen atoms in total. The number of alkyl halides is 1. The maximum Gasteiger partial charge on any atom is 0.119 e. The molecule has 1 fully saturated rings. The van der Waals surface area contributed by atoms with Crippen molar-refractivity contribution in [3.63, 3.8) is 0 Å². The van der Waals surface area contributed by atoms with Crippen LogP contribution < -0.4 is 10.6 Å². The molecule has 1 aromatic carbocycles. The van der Waals surface area contributed by atoms with Gasteiger partial charge in [0.25, 0.3) is 0 Å². The Balaban J connectivity index is 0.00000161. The Morgan fingerprint density at radius 2 is 1.95 bits per heavy atom. The predicted octanol–water partition coefficient (Wildman–Crippen LogP) is 1.80. The second-order valence-electron chi connectivity index (χ2n) is 5.00. The number of aromatic nitrogens is 2. The van der Waals surface area contributed by atoms with Crippen LogP contribution in [0.1, 0.15) is 12.0 Å². The van der Waals surface area contributed by atoms with Crippen LogP contribution in [-0.2, 0) is 0 Å². The minimum absolute atomic E-state index is 0. The van der Waals surface area contributed by atoms with E-state index in [1.165, 1.54) is 0 Å². The average Bonchev–Trinajstić information content (AvgIpc) is 2.45. The Kier molecular flexibility index (Phi) is 4.56. The largest absolute Gasteiger partial charge is 0.365 e. The van der Waals surface area contributed by atoms with Crippen molar-refractivity contribution < 1.29 is 4.39 Å². The fourth-order valence-electron chi connectivity index (χ4n) is 2.66. The van der Waals surface area contributed by atoms with Crippen molar-refractivity contribution in [2.24, 2.45) is 5.73 Å². The molecule has 2 heterocycles. The van der Waals surface area contributed by atoms with Gasteiger partial charge in [-0.2, -0.15) is 5.26 Å². The summed E-state index contributed by atoms with van der Waals surface area (Å²) in [6.07, 6.45) is 2.56. The monoisotopic (exact) mass is 307 g/mol. The first kappa shape index (κ1) is 15.4. The van der Waals surface area contributed by atoms with Crippen LogP contribution in [0.4, 0.5) is 10.1 Å². The zero-order valence-corrected chi connectivity index (χ0v) is 12.1. The fraction of sp³-hybridized carbons (Fsp3) is 0.357. The van der Waals surface area contributed by atoms with E-state index in [1.54, 1.807) is 24.5 Å². The van der Waals surface area contributed by atoms with Gasteiger partial charge in [0.1, 0.15) is 23.3 Å². The van der Waals surface area contributed by atoms with Crippen molar-refractivity contribution in [2.75, 3.05) is 18.0 Å². The lowest BCUT2D eigenvalue weighted by Gasteiger charge is -2.34. The van der Waals surface area contributed by atoms with Gasteiger partial charge in [-0.1, -0.05) is 0 Å². The first-order valence-electron chi connectivity index (χ1n) is 6.47. The van der Waals surface area contributed by atoms with E-state index in [9.17, 15) is 4.39 Å². The van der Waals surface area contributed by atoms with Crippen LogP contribution in [-0.4, -0.2) is 35.3 Å². The molecular formula is C14H15ClFN5. The molecule has 2 N–H and O–H groups in total. The summed E-state index contributed by atoms with van der Waals surface area (Å²) in [5, 5.41) is 9.11. The van der Waals surface area contributed by atoms with E-state index in [-0.39, 0.29) is 18.4 Å². The third-order valence-electron chi connectivity index (χ3n) is 3.50. The summed E-state index contributed by atoms with van der Waals surface area (Å²) in [6, 6.07) is 5.39. The lowest BCUT2D eigenvalue weighted by molar-refractivity contribution is 0.269. The summed E-state index contributed by atoms with van der Waals surface area (Å²) in [5.41, 5.74) is 8.29. The van der Waals surface area contributed by atoms with E-state index in [0.717, 1.165) is 5.69 Å². The van der Waals surface area contributed by atoms with Crippen LogP contribution in [0, 0.1) is 11.3 Å². The van der Waals surface area contributed by atoms with Crippen molar-refractivity contribution in [3.05, 3.63) is 30.1 Å². The highest BCUT2D eigenvalue weighted by atomic mass is 35.5. The first-order valence-corrected chi connectivity index (χ1v) is 6.47. The number of hydrogen-bond donors (Lipinski definition) is 1. The number of rotatable bonds is 1. The predicted molar refractivity (Wildman–Crippen MR) is 81.2 cm³/mol. The van der Waals surface area contributed by atoms with E-state index in [4.69, 9.17) is 11.0 Å². The summed E-state index contributed by atoms with van der Waals surface area (Å²) >= 11 is 0. The molecule has 0 radical (unpaired) electrons. The number of anilines is 1. The van der Waals surface area contributed by atoms with Crippen molar-refractivity contribution in [1.29, 1.82) is 5.26 Å². The van der Waals surface area contributed by atoms with Gasteiger partial charge in [0.05, 0.1) is 11.3 Å². The van der Waals surface area contributed by atoms with Crippen LogP contribution in [0.5, 0.6) is 0 Å². The molecule has 21 heavy (non-hydrogen) atoms. The molecule has 0 aliphatic carbocycles. The molecule has 0 spiro atoms. The second kappa shape index (κ2) is 6.20. The minimum atomic E-state index is -0.943. The van der Waals surface area contributed by atoms with Gasteiger partial charge in [-0.05, 0) is 18.6 Å². The Morgan fingerprint density at radius 1 is 1.24 bits per heavy atom. The third-order valence-corrected chi connectivity index (χ3v) is 3.50. The number of piperidine rings is 1. The van der Waals surface area contributed by atoms with Crippen LogP contribution in [0.15, 0.2) is 24.5 Å². The highest BCUT2D eigenvalue weighted by Gasteiger charge is 2.26. The zero-order valence-electron chi connectivity index (χ0n) is 11.2. The molecule has 0 bridgehead atoms. The molecule has 0 amide bonds. The van der Waals surface area contributed by atoms with E-state index < -0.39 is 6.17 Å². The number of hydrogen-bond acceptors (Lipinski definition) is 5. The van der Waals surface area contributed by atoms with Crippen LogP contribution in [0.2, 0.25) is 0 Å². The molecule has 2 aromatic rings. The number of halogens is 2. The van der Waals surface area contributed by atoms with E-state index in [2.05, 4.69) is 16.0 Å². The zero-order chi connectivity index (χ0) is 14.1. The number of nitriles is 1. The fourth-order valence-corrected chi connectivity index (χ4v) is 2.66. The van der Waals surface area contributed by atoms with Crippen molar-refractivity contribution in [3.8, 4) is 6.07 Å². The molecule has 0 saturated carbocycles. The highest BCUT2D eigenvalue weighted by Crippen LogP contribution is 2.28. The Labute approximate surface area is 128 Å². The minimum Gasteiger partial charge on any atom is -0.365 e. The van der Waals surface area contributed by atoms with Crippen LogP contribution >= 0.6 is 12.4 Å². The summed E-state index contributed by atoms with van der Waals surface area (Å²) in [6.45, 7) is 0.878. The first-order chi connectivity index (χ1) is 9.69. The molecule has 1 aromatic heterocycles. The van der Waals surface area contributed by atoms with Gasteiger partial charge in [-0.3, -0.25) is 9.97 Å². The second-order valence-corrected chi connectivity index (χ2v) is 5.00. The van der Waals surface area contributed by atoms with Crippen molar-refractivity contribution >= 4 is 29.1 Å². The third kappa shape index (κ3) is 2.89. The van der Waals surface area contributed by atoms with E-state index in [1.807, 2.05) is 4.90 Å². The van der Waals surface area contributed by atoms with Crippen molar-refractivity contribution in [2.45, 2.75) is 18.6 Å². The van der Waals surface area contributed by atoms with E-state index >= 15 is 0 Å². The lowest BCUT2D eigenvalue weighted by atomic mass is 10.0. The molecule has 110 valence electrons. The normalized spacial score (nSPS) is 21.7. The van der Waals surface area contributed by atoms with Gasteiger partial charge < -0.3 is 10.6 Å². The van der Waals surface area contributed by atoms with E-state index in [0.29, 0.717) is 36.1 Å². The van der Waals surface area contributed by atoms with Gasteiger partial charge >= 0.3 is 0 Å². The molecule has 1 aliphatic heterocycles. The molecule has 2 atom stereocenters. The lowest BCUT2D eigenvalue weighted by Crippen LogP contribution is -2.48. The summed E-state index contributed by atoms with van der Waals surface area (Å²) in [5.74, 6) is 0. The SMILES string of the molecule is Cl.N#Cc1ccc(N2C[C@@H](N)C[C@@H](F)C2)c2nccnc12. The standard InChI is InChI=1S/C14H14FN5.ClH/c15-10-5-11(17)8-20(7-10)12-2-1-9(6-16)13-14(12)19-4-3-18-13;/h1-4,10-11H,5,7-8,17H2;1H/t10-,11+;/m1./s1. The highest BCUT2D eigenvalue weighted by molar-refractivity contribution is 5.92. The number of nitrogens with two attached hydrogens (primary N) is 1. The smallest absolute Gasteiger partial charge is 0.119 e. The summed E-state index contributed by atoms with van der Waals surface area (Å²) < 4.78 is 13.7. The summed E-state index contributed by atoms with van der Waals surface area (Å²) in [4.78, 5) is 10.4. The van der Waals surface area contributed by atoms with Gasteiger partial charge in [0.2, 0.25) is 0 Å². The Hall–Kier alpha value is -1.97. The Morgan fingerprint density at radius 3 is 2.62 bits per heavy atom. The molecule has 1 aliphatic rings. The van der Waals surface area contributed by atoms with Crippen LogP contribution in [0.25, 0.3) is 11.0 Å². The molecule has 3 rings (SSSR count). The van der Waals surface area contributed by atoms with Crippen molar-refractivity contribution in [1.82, 2.24) is 9.97 Å². The van der Waals surface area contributed by atoms with Crippen LogP contribution in [0.3, 0.4) is 0 Å². The molecule has 0 unspecified atom stereocenters. The number of fused-ring (bicyclic) bond motifs is 1. The number of benzene rings is 1. The molecule has 7 heteroatoms. The summed E-state index contributed by atoms with van der Waals surface area (Å²) in [7, 11) is 0. The quantitative estimate of drug-likeness (QED) is 0.869. The van der Waals surface area contributed by atoms with Gasteiger partial charge in [-0.25, -0.2) is 4.39 Å². The number of nitrogens with zero attached hydrogens (tertiary/aromatic N) is 4. The Bertz CT molecular complexity index is 677. The maximum absolute atomic E-state index is 13.7. The topological polar surface area (TPSA) is 78.8 Å². The molecular weight excluding hydrogens is 293 g/mol. The maximum atomic E-state index is 13.7. The average molecular weight is 308 g/mol.